The molecule has 1 saturated carbocycles. The van der Waals surface area contributed by atoms with E-state index in [0.717, 1.165) is 29.9 Å². The summed E-state index contributed by atoms with van der Waals surface area (Å²) in [6.07, 6.45) is -2.66. The van der Waals surface area contributed by atoms with Crippen LogP contribution in [0.5, 0.6) is 0 Å². The molecule has 2 aromatic heterocycles. The molecule has 0 radical (unpaired) electrons. The SMILES string of the molecule is O=C(NCCn1nc(-c2cccs2)n(C2CC2)c1=O)c1cccc(C(F)(F)F)c1. The Morgan fingerprint density at radius 1 is 1.24 bits per heavy atom. The fraction of sp³-hybridized carbons (Fsp3) is 0.316. The molecule has 1 N–H and O–H groups in total. The molecule has 3 aromatic rings. The molecule has 6 nitrogen and oxygen atoms in total. The Hall–Kier alpha value is -2.88. The quantitative estimate of drug-likeness (QED) is 0.661. The molecule has 1 fully saturated rings. The van der Waals surface area contributed by atoms with Gasteiger partial charge in [-0.15, -0.1) is 16.4 Å². The van der Waals surface area contributed by atoms with Crippen LogP contribution < -0.4 is 11.0 Å². The van der Waals surface area contributed by atoms with E-state index in [1.807, 2.05) is 17.5 Å². The Kier molecular flexibility index (Phi) is 5.03. The number of halogens is 3. The van der Waals surface area contributed by atoms with Gasteiger partial charge in [0.25, 0.3) is 5.91 Å². The lowest BCUT2D eigenvalue weighted by Crippen LogP contribution is -2.32. The summed E-state index contributed by atoms with van der Waals surface area (Å²) in [5.74, 6) is -0.0269. The average molecular weight is 422 g/mol. The molecule has 0 unspecified atom stereocenters. The van der Waals surface area contributed by atoms with Crippen molar-refractivity contribution in [3.63, 3.8) is 0 Å². The summed E-state index contributed by atoms with van der Waals surface area (Å²) >= 11 is 1.49. The Balaban J connectivity index is 1.46. The maximum absolute atomic E-state index is 12.8. The molecule has 0 saturated heterocycles. The van der Waals surface area contributed by atoms with Crippen molar-refractivity contribution in [3.8, 4) is 10.7 Å². The first kappa shape index (κ1) is 19.4. The van der Waals surface area contributed by atoms with Crippen molar-refractivity contribution < 1.29 is 18.0 Å². The predicted molar refractivity (Wildman–Crippen MR) is 102 cm³/mol. The highest BCUT2D eigenvalue weighted by Crippen LogP contribution is 2.37. The number of rotatable bonds is 6. The Morgan fingerprint density at radius 3 is 2.69 bits per heavy atom. The van der Waals surface area contributed by atoms with E-state index >= 15 is 0 Å². The van der Waals surface area contributed by atoms with E-state index in [9.17, 15) is 22.8 Å². The number of aromatic nitrogens is 3. The number of hydrogen-bond acceptors (Lipinski definition) is 4. The lowest BCUT2D eigenvalue weighted by atomic mass is 10.1. The van der Waals surface area contributed by atoms with E-state index in [4.69, 9.17) is 0 Å². The van der Waals surface area contributed by atoms with Crippen molar-refractivity contribution in [2.24, 2.45) is 0 Å². The second kappa shape index (κ2) is 7.51. The number of benzene rings is 1. The number of thiophene rings is 1. The maximum atomic E-state index is 12.8. The predicted octanol–water partition coefficient (Wildman–Crippen LogP) is 3.56. The van der Waals surface area contributed by atoms with Crippen LogP contribution in [0.2, 0.25) is 0 Å². The Labute approximate surface area is 167 Å². The molecule has 1 aliphatic carbocycles. The van der Waals surface area contributed by atoms with Crippen LogP contribution in [-0.4, -0.2) is 26.8 Å². The fourth-order valence-electron chi connectivity index (χ4n) is 3.02. The lowest BCUT2D eigenvalue weighted by molar-refractivity contribution is -0.137. The molecule has 152 valence electrons. The molecule has 0 spiro atoms. The van der Waals surface area contributed by atoms with Crippen LogP contribution in [0.25, 0.3) is 10.7 Å². The van der Waals surface area contributed by atoms with Crippen LogP contribution in [0.15, 0.2) is 46.6 Å². The summed E-state index contributed by atoms with van der Waals surface area (Å²) in [6, 6.07) is 8.14. The number of amides is 1. The van der Waals surface area contributed by atoms with Gasteiger partial charge in [-0.05, 0) is 42.5 Å². The van der Waals surface area contributed by atoms with Crippen LogP contribution in [-0.2, 0) is 12.7 Å². The van der Waals surface area contributed by atoms with E-state index in [1.54, 1.807) is 4.57 Å². The number of carbonyl (C=O) groups excluding carboxylic acids is 1. The first-order valence-electron chi connectivity index (χ1n) is 9.03. The van der Waals surface area contributed by atoms with Gasteiger partial charge in [-0.2, -0.15) is 13.2 Å². The largest absolute Gasteiger partial charge is 0.416 e. The lowest BCUT2D eigenvalue weighted by Gasteiger charge is -2.09. The normalized spacial score (nSPS) is 14.2. The summed E-state index contributed by atoms with van der Waals surface area (Å²) in [4.78, 5) is 25.8. The van der Waals surface area contributed by atoms with Gasteiger partial charge in [0.1, 0.15) is 0 Å². The zero-order chi connectivity index (χ0) is 20.6. The first-order valence-corrected chi connectivity index (χ1v) is 9.91. The molecular weight excluding hydrogens is 405 g/mol. The summed E-state index contributed by atoms with van der Waals surface area (Å²) in [7, 11) is 0. The van der Waals surface area contributed by atoms with Gasteiger partial charge < -0.3 is 5.32 Å². The van der Waals surface area contributed by atoms with E-state index in [0.29, 0.717) is 5.82 Å². The molecular formula is C19H17F3N4O2S. The second-order valence-electron chi connectivity index (χ2n) is 6.74. The number of hydrogen-bond donors (Lipinski definition) is 1. The highest BCUT2D eigenvalue weighted by atomic mass is 32.1. The number of nitrogens with zero attached hydrogens (tertiary/aromatic N) is 3. The van der Waals surface area contributed by atoms with E-state index in [2.05, 4.69) is 10.4 Å². The molecule has 0 aliphatic heterocycles. The molecule has 10 heteroatoms. The monoisotopic (exact) mass is 422 g/mol. The minimum atomic E-state index is -4.52. The highest BCUT2D eigenvalue weighted by molar-refractivity contribution is 7.13. The van der Waals surface area contributed by atoms with Gasteiger partial charge in [-0.3, -0.25) is 9.36 Å². The van der Waals surface area contributed by atoms with E-state index in [-0.39, 0.29) is 30.4 Å². The van der Waals surface area contributed by atoms with Crippen molar-refractivity contribution >= 4 is 17.2 Å². The molecule has 1 aliphatic rings. The van der Waals surface area contributed by atoms with Crippen molar-refractivity contribution in [1.29, 1.82) is 0 Å². The smallest absolute Gasteiger partial charge is 0.350 e. The van der Waals surface area contributed by atoms with E-state index in [1.165, 1.54) is 28.2 Å². The average Bonchev–Trinajstić information content (AvgIpc) is 3.26. The topological polar surface area (TPSA) is 68.9 Å². The number of nitrogens with one attached hydrogen (secondary N) is 1. The van der Waals surface area contributed by atoms with Crippen molar-refractivity contribution in [2.75, 3.05) is 6.54 Å². The summed E-state index contributed by atoms with van der Waals surface area (Å²) in [5, 5.41) is 8.86. The van der Waals surface area contributed by atoms with Gasteiger partial charge in [0.15, 0.2) is 5.82 Å². The molecule has 0 bridgehead atoms. The number of carbonyl (C=O) groups is 1. The van der Waals surface area contributed by atoms with Crippen LogP contribution in [0, 0.1) is 0 Å². The zero-order valence-corrected chi connectivity index (χ0v) is 16.0. The third kappa shape index (κ3) is 4.12. The van der Waals surface area contributed by atoms with E-state index < -0.39 is 17.6 Å². The summed E-state index contributed by atoms with van der Waals surface area (Å²) in [5.41, 5.74) is -1.22. The van der Waals surface area contributed by atoms with Crippen molar-refractivity contribution in [2.45, 2.75) is 31.6 Å². The molecule has 29 heavy (non-hydrogen) atoms. The summed E-state index contributed by atoms with van der Waals surface area (Å²) in [6.45, 7) is 0.197. The molecule has 4 rings (SSSR count). The first-order chi connectivity index (χ1) is 13.8. The van der Waals surface area contributed by atoms with Gasteiger partial charge in [-0.1, -0.05) is 12.1 Å². The van der Waals surface area contributed by atoms with Crippen LogP contribution >= 0.6 is 11.3 Å². The van der Waals surface area contributed by atoms with Gasteiger partial charge in [0.05, 0.1) is 17.0 Å². The van der Waals surface area contributed by atoms with Crippen LogP contribution in [0.1, 0.15) is 34.8 Å². The molecule has 2 heterocycles. The zero-order valence-electron chi connectivity index (χ0n) is 15.1. The maximum Gasteiger partial charge on any atom is 0.416 e. The van der Waals surface area contributed by atoms with Crippen LogP contribution in [0.4, 0.5) is 13.2 Å². The minimum absolute atomic E-state index is 0.0700. The Morgan fingerprint density at radius 2 is 2.03 bits per heavy atom. The molecule has 0 atom stereocenters. The van der Waals surface area contributed by atoms with Gasteiger partial charge >= 0.3 is 11.9 Å². The number of alkyl halides is 3. The van der Waals surface area contributed by atoms with Gasteiger partial charge in [0, 0.05) is 18.2 Å². The van der Waals surface area contributed by atoms with Gasteiger partial charge in [-0.25, -0.2) is 9.48 Å². The van der Waals surface area contributed by atoms with Crippen molar-refractivity contribution in [3.05, 3.63) is 63.4 Å². The van der Waals surface area contributed by atoms with Gasteiger partial charge in [0.2, 0.25) is 0 Å². The summed E-state index contributed by atoms with van der Waals surface area (Å²) < 4.78 is 41.4. The molecule has 1 aromatic carbocycles. The molecule has 1 amide bonds. The third-order valence-electron chi connectivity index (χ3n) is 4.59. The Bertz CT molecular complexity index is 1080. The standard InChI is InChI=1S/C19H17F3N4O2S/c20-19(21,22)13-4-1-3-12(11-13)17(27)23-8-9-25-18(28)26(14-6-7-14)16(24-25)15-5-2-10-29-15/h1-5,10-11,14H,6-9H2,(H,23,27). The fourth-order valence-corrected chi connectivity index (χ4v) is 3.72. The minimum Gasteiger partial charge on any atom is -0.350 e. The third-order valence-corrected chi connectivity index (χ3v) is 5.45. The van der Waals surface area contributed by atoms with Crippen molar-refractivity contribution in [1.82, 2.24) is 19.7 Å². The highest BCUT2D eigenvalue weighted by Gasteiger charge is 2.31. The van der Waals surface area contributed by atoms with Crippen LogP contribution in [0.3, 0.4) is 0 Å². The second-order valence-corrected chi connectivity index (χ2v) is 7.69.